The summed E-state index contributed by atoms with van der Waals surface area (Å²) in [5, 5.41) is 3.41. The van der Waals surface area contributed by atoms with E-state index in [1.165, 1.54) is 17.1 Å². The fraction of sp³-hybridized carbons (Fsp3) is 1.00. The van der Waals surface area contributed by atoms with E-state index in [0.717, 1.165) is 25.8 Å². The molecule has 1 saturated heterocycles. The minimum absolute atomic E-state index is 0.605. The summed E-state index contributed by atoms with van der Waals surface area (Å²) >= 11 is 0. The van der Waals surface area contributed by atoms with Gasteiger partial charge in [-0.25, -0.2) is 0 Å². The van der Waals surface area contributed by atoms with Gasteiger partial charge >= 0.3 is 0 Å². The number of hydrogen-bond acceptors (Lipinski definition) is 3. The first-order chi connectivity index (χ1) is 9.00. The fourth-order valence-corrected chi connectivity index (χ4v) is 3.85. The number of piperidine rings is 1. The summed E-state index contributed by atoms with van der Waals surface area (Å²) < 4.78 is 27.9. The average Bonchev–Trinajstić information content (AvgIpc) is 3.19. The Labute approximate surface area is 117 Å². The highest BCUT2D eigenvalue weighted by molar-refractivity contribution is 7.86. The molecule has 0 atom stereocenters. The second-order valence-electron chi connectivity index (χ2n) is 5.99. The first-order valence-corrected chi connectivity index (χ1v) is 8.84. The zero-order valence-corrected chi connectivity index (χ0v) is 13.0. The van der Waals surface area contributed by atoms with Crippen molar-refractivity contribution in [2.24, 2.45) is 5.92 Å². The van der Waals surface area contributed by atoms with Crippen LogP contribution in [0.1, 0.15) is 39.0 Å². The number of rotatable bonds is 7. The van der Waals surface area contributed by atoms with Crippen LogP contribution < -0.4 is 5.32 Å². The molecule has 6 heteroatoms. The third-order valence-corrected chi connectivity index (χ3v) is 6.11. The summed E-state index contributed by atoms with van der Waals surface area (Å²) in [6, 6.07) is 0.700. The molecule has 0 amide bonds. The van der Waals surface area contributed by atoms with Crippen molar-refractivity contribution >= 4 is 10.2 Å². The van der Waals surface area contributed by atoms with Gasteiger partial charge < -0.3 is 5.32 Å². The zero-order chi connectivity index (χ0) is 13.9. The van der Waals surface area contributed by atoms with Gasteiger partial charge in [0.25, 0.3) is 10.2 Å². The Morgan fingerprint density at radius 3 is 2.42 bits per heavy atom. The highest BCUT2D eigenvalue weighted by Gasteiger charge is 2.29. The summed E-state index contributed by atoms with van der Waals surface area (Å²) in [7, 11) is -1.53. The van der Waals surface area contributed by atoms with Crippen LogP contribution in [0.4, 0.5) is 0 Å². The molecule has 2 rings (SSSR count). The molecule has 1 aliphatic carbocycles. The molecule has 0 spiro atoms. The monoisotopic (exact) mass is 289 g/mol. The molecular formula is C13H27N3O2S. The normalized spacial score (nSPS) is 23.1. The van der Waals surface area contributed by atoms with E-state index in [9.17, 15) is 8.42 Å². The molecule has 1 saturated carbocycles. The maximum absolute atomic E-state index is 12.4. The van der Waals surface area contributed by atoms with Gasteiger partial charge in [-0.1, -0.05) is 6.92 Å². The Morgan fingerprint density at radius 1 is 1.21 bits per heavy atom. The van der Waals surface area contributed by atoms with Gasteiger partial charge in [-0.05, 0) is 44.6 Å². The van der Waals surface area contributed by atoms with Crippen molar-refractivity contribution < 1.29 is 8.42 Å². The Kier molecular flexibility index (Phi) is 5.22. The molecule has 1 heterocycles. The lowest BCUT2D eigenvalue weighted by molar-refractivity contribution is 0.270. The van der Waals surface area contributed by atoms with E-state index in [4.69, 9.17) is 0 Å². The molecular weight excluding hydrogens is 262 g/mol. The quantitative estimate of drug-likeness (QED) is 0.713. The van der Waals surface area contributed by atoms with E-state index in [0.29, 0.717) is 31.6 Å². The van der Waals surface area contributed by atoms with E-state index in [1.54, 1.807) is 11.4 Å². The molecule has 2 aliphatic rings. The van der Waals surface area contributed by atoms with Crippen molar-refractivity contribution in [3.63, 3.8) is 0 Å². The van der Waals surface area contributed by atoms with Gasteiger partial charge in [0, 0.05) is 32.7 Å². The maximum atomic E-state index is 12.4. The summed E-state index contributed by atoms with van der Waals surface area (Å²) in [5.74, 6) is 0.652. The van der Waals surface area contributed by atoms with E-state index < -0.39 is 10.2 Å². The zero-order valence-electron chi connectivity index (χ0n) is 12.1. The largest absolute Gasteiger partial charge is 0.314 e. The van der Waals surface area contributed by atoms with Crippen molar-refractivity contribution in [1.82, 2.24) is 13.9 Å². The van der Waals surface area contributed by atoms with Crippen LogP contribution in [-0.4, -0.2) is 56.3 Å². The summed E-state index contributed by atoms with van der Waals surface area (Å²) in [4.78, 5) is 0. The van der Waals surface area contributed by atoms with Crippen molar-refractivity contribution in [2.45, 2.75) is 45.1 Å². The predicted octanol–water partition coefficient (Wildman–Crippen LogP) is 1.04. The minimum Gasteiger partial charge on any atom is -0.314 e. The molecule has 0 radical (unpaired) electrons. The van der Waals surface area contributed by atoms with Crippen molar-refractivity contribution in [2.75, 3.05) is 33.2 Å². The molecule has 0 aromatic carbocycles. The highest BCUT2D eigenvalue weighted by atomic mass is 32.2. The van der Waals surface area contributed by atoms with E-state index in [2.05, 4.69) is 12.2 Å². The van der Waals surface area contributed by atoms with E-state index in [1.807, 2.05) is 0 Å². The average molecular weight is 289 g/mol. The third kappa shape index (κ3) is 4.41. The van der Waals surface area contributed by atoms with Gasteiger partial charge in [-0.15, -0.1) is 0 Å². The Bertz CT molecular complexity index is 373. The highest BCUT2D eigenvalue weighted by Crippen LogP contribution is 2.20. The van der Waals surface area contributed by atoms with Crippen LogP contribution in [0.2, 0.25) is 0 Å². The standard InChI is InChI=1S/C13H27N3O2S/c1-12-6-10-16(11-7-12)19(17,18)15(2)9-3-8-14-13-4-5-13/h12-14H,3-11H2,1-2H3. The molecule has 19 heavy (non-hydrogen) atoms. The van der Waals surface area contributed by atoms with Crippen LogP contribution >= 0.6 is 0 Å². The number of nitrogens with zero attached hydrogens (tertiary/aromatic N) is 2. The predicted molar refractivity (Wildman–Crippen MR) is 77.2 cm³/mol. The number of hydrogen-bond donors (Lipinski definition) is 1. The molecule has 0 unspecified atom stereocenters. The lowest BCUT2D eigenvalue weighted by atomic mass is 10.0. The SMILES string of the molecule is CC1CCN(S(=O)(=O)N(C)CCCNC2CC2)CC1. The molecule has 1 N–H and O–H groups in total. The van der Waals surface area contributed by atoms with Crippen LogP contribution in [0.5, 0.6) is 0 Å². The smallest absolute Gasteiger partial charge is 0.281 e. The van der Waals surface area contributed by atoms with Gasteiger partial charge in [0.1, 0.15) is 0 Å². The topological polar surface area (TPSA) is 52.7 Å². The molecule has 0 bridgehead atoms. The number of nitrogens with one attached hydrogen (secondary N) is 1. The molecule has 0 aromatic heterocycles. The van der Waals surface area contributed by atoms with Gasteiger partial charge in [-0.3, -0.25) is 0 Å². The van der Waals surface area contributed by atoms with Crippen molar-refractivity contribution in [3.8, 4) is 0 Å². The second-order valence-corrected chi connectivity index (χ2v) is 8.03. The van der Waals surface area contributed by atoms with Gasteiger partial charge in [0.05, 0.1) is 0 Å². The van der Waals surface area contributed by atoms with Crippen molar-refractivity contribution in [1.29, 1.82) is 0 Å². The molecule has 2 fully saturated rings. The Balaban J connectivity index is 1.73. The van der Waals surface area contributed by atoms with Crippen LogP contribution in [0.25, 0.3) is 0 Å². The molecule has 112 valence electrons. The Morgan fingerprint density at radius 2 is 1.84 bits per heavy atom. The van der Waals surface area contributed by atoms with Crippen LogP contribution in [0, 0.1) is 5.92 Å². The molecule has 0 aromatic rings. The lowest BCUT2D eigenvalue weighted by Crippen LogP contribution is -2.46. The lowest BCUT2D eigenvalue weighted by Gasteiger charge is -2.32. The van der Waals surface area contributed by atoms with E-state index >= 15 is 0 Å². The van der Waals surface area contributed by atoms with Gasteiger partial charge in [0.2, 0.25) is 0 Å². The first kappa shape index (κ1) is 15.2. The third-order valence-electron chi connectivity index (χ3n) is 4.12. The molecule has 1 aliphatic heterocycles. The van der Waals surface area contributed by atoms with Crippen molar-refractivity contribution in [3.05, 3.63) is 0 Å². The summed E-state index contributed by atoms with van der Waals surface area (Å²) in [6.07, 6.45) is 5.41. The summed E-state index contributed by atoms with van der Waals surface area (Å²) in [6.45, 7) is 5.06. The molecule has 5 nitrogen and oxygen atoms in total. The van der Waals surface area contributed by atoms with Crippen LogP contribution in [0.3, 0.4) is 0 Å². The summed E-state index contributed by atoms with van der Waals surface area (Å²) in [5.41, 5.74) is 0. The minimum atomic E-state index is -3.23. The first-order valence-electron chi connectivity index (χ1n) is 7.45. The maximum Gasteiger partial charge on any atom is 0.281 e. The van der Waals surface area contributed by atoms with Crippen LogP contribution in [0.15, 0.2) is 0 Å². The Hall–Kier alpha value is -0.170. The van der Waals surface area contributed by atoms with Gasteiger partial charge in [0.15, 0.2) is 0 Å². The van der Waals surface area contributed by atoms with E-state index in [-0.39, 0.29) is 0 Å². The fourth-order valence-electron chi connectivity index (χ4n) is 2.42. The van der Waals surface area contributed by atoms with Crippen LogP contribution in [-0.2, 0) is 10.2 Å². The van der Waals surface area contributed by atoms with Gasteiger partial charge in [-0.2, -0.15) is 17.0 Å². The second kappa shape index (κ2) is 6.52.